The predicted molar refractivity (Wildman–Crippen MR) is 80.2 cm³/mol. The highest BCUT2D eigenvalue weighted by Crippen LogP contribution is 2.23. The molecule has 20 heavy (non-hydrogen) atoms. The lowest BCUT2D eigenvalue weighted by atomic mass is 10.1. The van der Waals surface area contributed by atoms with Crippen LogP contribution in [0.3, 0.4) is 0 Å². The van der Waals surface area contributed by atoms with Gasteiger partial charge in [0.25, 0.3) is 0 Å². The Morgan fingerprint density at radius 3 is 2.60 bits per heavy atom. The Balaban J connectivity index is 2.08. The van der Waals surface area contributed by atoms with E-state index in [1.807, 2.05) is 18.5 Å². The number of halogens is 1. The van der Waals surface area contributed by atoms with Crippen molar-refractivity contribution in [1.29, 1.82) is 0 Å². The van der Waals surface area contributed by atoms with Crippen molar-refractivity contribution in [2.75, 3.05) is 11.1 Å². The first-order chi connectivity index (χ1) is 9.51. The molecular formula is C15H21FN4. The Morgan fingerprint density at radius 2 is 2.00 bits per heavy atom. The SMILES string of the molecule is CCn1nc(C)c(N)c1NC(C)Cc1ccc(F)cc1. The maximum Gasteiger partial charge on any atom is 0.148 e. The third kappa shape index (κ3) is 3.10. The molecule has 0 aliphatic heterocycles. The van der Waals surface area contributed by atoms with E-state index in [1.54, 1.807) is 12.1 Å². The number of aromatic nitrogens is 2. The van der Waals surface area contributed by atoms with Gasteiger partial charge in [-0.2, -0.15) is 5.10 Å². The highest BCUT2D eigenvalue weighted by molar-refractivity contribution is 5.65. The van der Waals surface area contributed by atoms with Crippen molar-refractivity contribution in [3.63, 3.8) is 0 Å². The zero-order chi connectivity index (χ0) is 14.7. The number of nitrogens with zero attached hydrogens (tertiary/aromatic N) is 2. The first-order valence-corrected chi connectivity index (χ1v) is 6.85. The van der Waals surface area contributed by atoms with Gasteiger partial charge in [0.1, 0.15) is 11.6 Å². The predicted octanol–water partition coefficient (Wildman–Crippen LogP) is 2.98. The number of hydrogen-bond donors (Lipinski definition) is 2. The van der Waals surface area contributed by atoms with E-state index in [-0.39, 0.29) is 11.9 Å². The van der Waals surface area contributed by atoms with E-state index in [9.17, 15) is 4.39 Å². The van der Waals surface area contributed by atoms with Crippen LogP contribution in [0.1, 0.15) is 25.1 Å². The molecule has 3 N–H and O–H groups in total. The van der Waals surface area contributed by atoms with Gasteiger partial charge >= 0.3 is 0 Å². The van der Waals surface area contributed by atoms with E-state index in [4.69, 9.17) is 5.73 Å². The number of aryl methyl sites for hydroxylation is 2. The van der Waals surface area contributed by atoms with Crippen LogP contribution < -0.4 is 11.1 Å². The number of anilines is 2. The molecule has 1 heterocycles. The molecule has 5 heteroatoms. The van der Waals surface area contributed by atoms with Crippen molar-refractivity contribution in [1.82, 2.24) is 9.78 Å². The number of nitrogen functional groups attached to an aromatic ring is 1. The molecule has 1 aromatic carbocycles. The van der Waals surface area contributed by atoms with Gasteiger partial charge < -0.3 is 11.1 Å². The number of benzene rings is 1. The van der Waals surface area contributed by atoms with Gasteiger partial charge in [-0.05, 0) is 44.9 Å². The van der Waals surface area contributed by atoms with Crippen LogP contribution in [0.15, 0.2) is 24.3 Å². The van der Waals surface area contributed by atoms with Crippen LogP contribution in [0.25, 0.3) is 0 Å². The van der Waals surface area contributed by atoms with E-state index in [0.717, 1.165) is 30.0 Å². The summed E-state index contributed by atoms with van der Waals surface area (Å²) in [6, 6.07) is 6.76. The molecule has 0 aliphatic rings. The molecule has 0 fully saturated rings. The minimum atomic E-state index is -0.210. The summed E-state index contributed by atoms with van der Waals surface area (Å²) < 4.78 is 14.7. The Hall–Kier alpha value is -2.04. The second-order valence-electron chi connectivity index (χ2n) is 5.04. The Morgan fingerprint density at radius 1 is 1.35 bits per heavy atom. The summed E-state index contributed by atoms with van der Waals surface area (Å²) in [5, 5.41) is 7.78. The second-order valence-corrected chi connectivity index (χ2v) is 5.04. The van der Waals surface area contributed by atoms with Crippen LogP contribution in [0.2, 0.25) is 0 Å². The van der Waals surface area contributed by atoms with Crippen molar-refractivity contribution in [2.24, 2.45) is 0 Å². The summed E-state index contributed by atoms with van der Waals surface area (Å²) >= 11 is 0. The zero-order valence-electron chi connectivity index (χ0n) is 12.2. The van der Waals surface area contributed by atoms with E-state index in [0.29, 0.717) is 5.69 Å². The molecule has 108 valence electrons. The number of nitrogens with one attached hydrogen (secondary N) is 1. The lowest BCUT2D eigenvalue weighted by Gasteiger charge is -2.16. The van der Waals surface area contributed by atoms with E-state index in [1.165, 1.54) is 12.1 Å². The molecule has 0 bridgehead atoms. The topological polar surface area (TPSA) is 55.9 Å². The van der Waals surface area contributed by atoms with Gasteiger partial charge in [-0.15, -0.1) is 0 Å². The summed E-state index contributed by atoms with van der Waals surface area (Å²) in [5.74, 6) is 0.651. The molecule has 0 spiro atoms. The van der Waals surface area contributed by atoms with Gasteiger partial charge in [-0.1, -0.05) is 12.1 Å². The smallest absolute Gasteiger partial charge is 0.148 e. The highest BCUT2D eigenvalue weighted by Gasteiger charge is 2.14. The fraction of sp³-hybridized carbons (Fsp3) is 0.400. The van der Waals surface area contributed by atoms with Crippen LogP contribution >= 0.6 is 0 Å². The minimum absolute atomic E-state index is 0.184. The minimum Gasteiger partial charge on any atom is -0.394 e. The average Bonchev–Trinajstić information content (AvgIpc) is 2.69. The first kappa shape index (κ1) is 14.4. The molecule has 0 amide bonds. The zero-order valence-corrected chi connectivity index (χ0v) is 12.2. The molecule has 0 saturated carbocycles. The lowest BCUT2D eigenvalue weighted by molar-refractivity contribution is 0.625. The van der Waals surface area contributed by atoms with Crippen LogP contribution in [-0.2, 0) is 13.0 Å². The largest absolute Gasteiger partial charge is 0.394 e. The molecule has 1 unspecified atom stereocenters. The summed E-state index contributed by atoms with van der Waals surface area (Å²) in [4.78, 5) is 0. The van der Waals surface area contributed by atoms with Crippen molar-refractivity contribution in [3.8, 4) is 0 Å². The van der Waals surface area contributed by atoms with Gasteiger partial charge in [0.2, 0.25) is 0 Å². The lowest BCUT2D eigenvalue weighted by Crippen LogP contribution is -2.21. The molecule has 1 atom stereocenters. The first-order valence-electron chi connectivity index (χ1n) is 6.85. The maximum absolute atomic E-state index is 12.9. The Kier molecular flexibility index (Phi) is 4.27. The van der Waals surface area contributed by atoms with E-state index >= 15 is 0 Å². The van der Waals surface area contributed by atoms with Crippen LogP contribution in [-0.4, -0.2) is 15.8 Å². The summed E-state index contributed by atoms with van der Waals surface area (Å²) in [5.41, 5.74) is 8.66. The van der Waals surface area contributed by atoms with E-state index in [2.05, 4.69) is 17.3 Å². The molecule has 0 aliphatic carbocycles. The third-order valence-corrected chi connectivity index (χ3v) is 3.31. The standard InChI is InChI=1S/C15H21FN4/c1-4-20-15(14(17)11(3)19-20)18-10(2)9-12-5-7-13(16)8-6-12/h5-8,10,18H,4,9,17H2,1-3H3. The summed E-state index contributed by atoms with van der Waals surface area (Å²) in [7, 11) is 0. The molecule has 2 rings (SSSR count). The Labute approximate surface area is 118 Å². The van der Waals surface area contributed by atoms with Crippen LogP contribution in [0, 0.1) is 12.7 Å². The second kappa shape index (κ2) is 5.94. The third-order valence-electron chi connectivity index (χ3n) is 3.31. The average molecular weight is 276 g/mol. The van der Waals surface area contributed by atoms with E-state index < -0.39 is 0 Å². The monoisotopic (exact) mass is 276 g/mol. The van der Waals surface area contributed by atoms with Crippen molar-refractivity contribution in [2.45, 2.75) is 39.8 Å². The van der Waals surface area contributed by atoms with Crippen molar-refractivity contribution in [3.05, 3.63) is 41.3 Å². The Bertz CT molecular complexity index is 574. The highest BCUT2D eigenvalue weighted by atomic mass is 19.1. The number of nitrogens with two attached hydrogens (primary N) is 1. The van der Waals surface area contributed by atoms with Gasteiger partial charge in [0.05, 0.1) is 11.4 Å². The molecule has 2 aromatic rings. The molecule has 4 nitrogen and oxygen atoms in total. The number of hydrogen-bond acceptors (Lipinski definition) is 3. The number of rotatable bonds is 5. The fourth-order valence-electron chi connectivity index (χ4n) is 2.23. The molecule has 1 aromatic heterocycles. The van der Waals surface area contributed by atoms with Crippen LogP contribution in [0.4, 0.5) is 15.9 Å². The molecular weight excluding hydrogens is 255 g/mol. The quantitative estimate of drug-likeness (QED) is 0.882. The summed E-state index contributed by atoms with van der Waals surface area (Å²) in [6.07, 6.45) is 0.799. The van der Waals surface area contributed by atoms with Crippen LogP contribution in [0.5, 0.6) is 0 Å². The van der Waals surface area contributed by atoms with Gasteiger partial charge in [-0.3, -0.25) is 0 Å². The summed E-state index contributed by atoms with van der Waals surface area (Å²) in [6.45, 7) is 6.77. The normalized spacial score (nSPS) is 12.4. The fourth-order valence-corrected chi connectivity index (χ4v) is 2.23. The van der Waals surface area contributed by atoms with Crippen molar-refractivity contribution < 1.29 is 4.39 Å². The van der Waals surface area contributed by atoms with Crippen molar-refractivity contribution >= 4 is 11.5 Å². The molecule has 0 radical (unpaired) electrons. The molecule has 0 saturated heterocycles. The van der Waals surface area contributed by atoms with Gasteiger partial charge in [0, 0.05) is 12.6 Å². The van der Waals surface area contributed by atoms with Gasteiger partial charge in [-0.25, -0.2) is 9.07 Å². The maximum atomic E-state index is 12.9. The van der Waals surface area contributed by atoms with Gasteiger partial charge in [0.15, 0.2) is 0 Å².